The van der Waals surface area contributed by atoms with Crippen molar-refractivity contribution in [3.63, 3.8) is 0 Å². The summed E-state index contributed by atoms with van der Waals surface area (Å²) in [7, 11) is -7.96. The van der Waals surface area contributed by atoms with Crippen LogP contribution in [0.2, 0.25) is 0 Å². The van der Waals surface area contributed by atoms with Gasteiger partial charge in [-0.2, -0.15) is 9.97 Å². The first kappa shape index (κ1) is 82.0. The quantitative estimate of drug-likeness (QED) is 0.0158. The number of nitrogens with one attached hydrogen (secondary N) is 4. The Morgan fingerprint density at radius 3 is 1.53 bits per heavy atom. The topological polar surface area (TPSA) is 343 Å². The number of carbonyl (C=O) groups is 4. The summed E-state index contributed by atoms with van der Waals surface area (Å²) in [5, 5.41) is 8.42. The standard InChI is InChI=1S/C75H103N11O18P2/c1-7-8-9-10-11-12-13-14-15-16-17-18-19-20-21-28-39-97-62-41-56(40-53(2)55(62)4)49-98-68(87)33-34-69(88)99-50-60-45-82(47-66(103-60)84-37-35-63(79-73(84)92)77-71(90)57-29-24-22-25-30-57)106(6,96)101-52-61-46-83(48-67(104-61)85-38-36-64(80-74(85)93)78-72(91)58-31-26-23-27-32-58)105(5,95)100-51-59-42-76-43-65(102-59)86-44-54(3)70(89)81-75(86)94/h22-27,29-32,35-38,40-41,44,59-61,65-67,76H,7-21,28,33-34,39,42-43,45-52H2,1-6H3,(H,81,89,94)(H,77,79,90,92)(H,78,80,91,93)/t59-,60-,61-,65+,66+,67+,105?,106?/m0/s1. The van der Waals surface area contributed by atoms with Crippen molar-refractivity contribution in [1.29, 1.82) is 0 Å². The fraction of sp³-hybridized carbons (Fsp3) is 0.547. The number of aryl methyl sites for hydroxylation is 2. The highest BCUT2D eigenvalue weighted by atomic mass is 31.2. The SMILES string of the molecule is CCCCCCCCCCCCCCCCCCOc1cc(COC(=O)CCC(=O)OC[C@@H]2CN(P(C)(=O)OC[C@@H]3CN(P(C)(=O)OC[C@@H]4CNC[C@H](n5cc(C)c(=O)[nH]c5=O)O4)C[C@H](n4ccc(NC(=O)c5ccccc5)nc4=O)O3)C[C@H](n3ccc(NC(=O)c4ccccc4)nc3=O)O2)cc(C)c1C. The van der Waals surface area contributed by atoms with Gasteiger partial charge in [-0.15, -0.1) is 0 Å². The van der Waals surface area contributed by atoms with Gasteiger partial charge in [-0.05, 0) is 86.3 Å². The number of aromatic nitrogens is 6. The highest BCUT2D eigenvalue weighted by Gasteiger charge is 2.43. The molecule has 106 heavy (non-hydrogen) atoms. The van der Waals surface area contributed by atoms with Gasteiger partial charge in [0, 0.05) is 74.8 Å². The smallest absolute Gasteiger partial charge is 0.351 e. The Balaban J connectivity index is 0.817. The number of amides is 2. The lowest BCUT2D eigenvalue weighted by Crippen LogP contribution is -2.50. The molecule has 2 unspecified atom stereocenters. The van der Waals surface area contributed by atoms with Crippen LogP contribution in [0.15, 0.2) is 123 Å². The predicted molar refractivity (Wildman–Crippen MR) is 400 cm³/mol. The second-order valence-electron chi connectivity index (χ2n) is 27.4. The zero-order chi connectivity index (χ0) is 75.6. The number of anilines is 2. The molecule has 3 saturated heterocycles. The zero-order valence-corrected chi connectivity index (χ0v) is 63.4. The summed E-state index contributed by atoms with van der Waals surface area (Å²) in [5.74, 6) is -1.82. The molecule has 3 aliphatic rings. The number of unbranched alkanes of at least 4 members (excludes halogenated alkanes) is 15. The maximum Gasteiger partial charge on any atom is 0.351 e. The first-order chi connectivity index (χ1) is 51.0. The second-order valence-corrected chi connectivity index (χ2v) is 32.3. The molecule has 6 heterocycles. The maximum atomic E-state index is 15.2. The van der Waals surface area contributed by atoms with E-state index < -0.39 is 112 Å². The van der Waals surface area contributed by atoms with Crippen molar-refractivity contribution >= 4 is 50.4 Å². The van der Waals surface area contributed by atoms with Crippen LogP contribution in [-0.4, -0.2) is 159 Å². The Morgan fingerprint density at radius 1 is 0.547 bits per heavy atom. The Kier molecular flexibility index (Phi) is 31.5. The summed E-state index contributed by atoms with van der Waals surface area (Å²) in [6.07, 6.45) is 17.7. The van der Waals surface area contributed by atoms with Crippen LogP contribution < -0.4 is 43.3 Å². The molecule has 6 aromatic rings. The number of carbonyl (C=O) groups excluding carboxylic acids is 4. The van der Waals surface area contributed by atoms with E-state index in [2.05, 4.69) is 37.8 Å². The molecule has 4 N–H and O–H groups in total. The van der Waals surface area contributed by atoms with Crippen molar-refractivity contribution in [2.75, 3.05) is 89.7 Å². The van der Waals surface area contributed by atoms with E-state index >= 15 is 4.57 Å². The molecule has 9 rings (SSSR count). The largest absolute Gasteiger partial charge is 0.493 e. The molecular formula is C75H103N11O18P2. The van der Waals surface area contributed by atoms with Gasteiger partial charge in [-0.3, -0.25) is 51.8 Å². The third-order valence-corrected chi connectivity index (χ3v) is 22.9. The number of ether oxygens (including phenoxy) is 6. The molecular weight excluding hydrogens is 1400 g/mol. The Labute approximate surface area is 617 Å². The van der Waals surface area contributed by atoms with E-state index in [1.54, 1.807) is 67.6 Å². The Morgan fingerprint density at radius 2 is 1.02 bits per heavy atom. The van der Waals surface area contributed by atoms with Crippen LogP contribution in [0.5, 0.6) is 5.75 Å². The molecule has 0 spiro atoms. The summed E-state index contributed by atoms with van der Waals surface area (Å²) < 4.78 is 85.7. The van der Waals surface area contributed by atoms with E-state index in [9.17, 15) is 42.9 Å². The number of morpholine rings is 3. The normalized spacial score (nSPS) is 19.7. The minimum Gasteiger partial charge on any atom is -0.493 e. The van der Waals surface area contributed by atoms with Crippen molar-refractivity contribution in [3.05, 3.63) is 179 Å². The first-order valence-electron chi connectivity index (χ1n) is 36.9. The summed E-state index contributed by atoms with van der Waals surface area (Å²) in [6, 6.07) is 23.2. The molecule has 31 heteroatoms. The highest BCUT2D eigenvalue weighted by Crippen LogP contribution is 2.52. The van der Waals surface area contributed by atoms with Gasteiger partial charge in [-0.25, -0.2) is 23.7 Å². The Hall–Kier alpha value is -8.08. The van der Waals surface area contributed by atoms with Crippen molar-refractivity contribution in [1.82, 2.24) is 43.3 Å². The fourth-order valence-corrected chi connectivity index (χ4v) is 15.7. The summed E-state index contributed by atoms with van der Waals surface area (Å²) in [6.45, 7) is 9.54. The highest BCUT2D eigenvalue weighted by molar-refractivity contribution is 7.56. The van der Waals surface area contributed by atoms with E-state index in [0.717, 1.165) is 44.4 Å². The van der Waals surface area contributed by atoms with E-state index in [-0.39, 0.29) is 82.5 Å². The molecule has 29 nitrogen and oxygen atoms in total. The van der Waals surface area contributed by atoms with Gasteiger partial charge >= 0.3 is 29.0 Å². The maximum absolute atomic E-state index is 15.2. The van der Waals surface area contributed by atoms with Gasteiger partial charge in [0.05, 0.1) is 58.0 Å². The molecule has 0 saturated carbocycles. The summed E-state index contributed by atoms with van der Waals surface area (Å²) in [5.41, 5.74) is 0.730. The minimum absolute atomic E-state index is 0.0449. The number of esters is 2. The third kappa shape index (κ3) is 25.0. The summed E-state index contributed by atoms with van der Waals surface area (Å²) >= 11 is 0. The molecule has 3 aromatic carbocycles. The van der Waals surface area contributed by atoms with Crippen LogP contribution in [0.4, 0.5) is 11.6 Å². The van der Waals surface area contributed by atoms with Crippen molar-refractivity contribution < 1.29 is 65.8 Å². The summed E-state index contributed by atoms with van der Waals surface area (Å²) in [4.78, 5) is 116. The van der Waals surface area contributed by atoms with Crippen LogP contribution in [-0.2, 0) is 58.1 Å². The molecule has 0 radical (unpaired) electrons. The predicted octanol–water partition coefficient (Wildman–Crippen LogP) is 10.8. The van der Waals surface area contributed by atoms with Gasteiger partial charge in [0.1, 0.15) is 36.7 Å². The van der Waals surface area contributed by atoms with Crippen molar-refractivity contribution in [3.8, 4) is 5.75 Å². The van der Waals surface area contributed by atoms with Crippen LogP contribution in [0.25, 0.3) is 0 Å². The van der Waals surface area contributed by atoms with E-state index in [0.29, 0.717) is 17.7 Å². The van der Waals surface area contributed by atoms with Crippen molar-refractivity contribution in [2.45, 2.75) is 187 Å². The monoisotopic (exact) mass is 1510 g/mol. The third-order valence-electron chi connectivity index (χ3n) is 18.9. The average molecular weight is 1510 g/mol. The molecule has 3 aromatic heterocycles. The van der Waals surface area contributed by atoms with E-state index in [4.69, 9.17) is 37.5 Å². The number of hydrogen-bond donors (Lipinski definition) is 4. The van der Waals surface area contributed by atoms with Gasteiger partial charge in [-0.1, -0.05) is 146 Å². The van der Waals surface area contributed by atoms with Crippen molar-refractivity contribution in [2.24, 2.45) is 0 Å². The molecule has 576 valence electrons. The number of H-pyrrole nitrogens is 1. The lowest BCUT2D eigenvalue weighted by atomic mass is 10.0. The number of benzene rings is 3. The van der Waals surface area contributed by atoms with Gasteiger partial charge < -0.3 is 53.4 Å². The molecule has 3 aliphatic heterocycles. The lowest BCUT2D eigenvalue weighted by molar-refractivity contribution is -0.161. The number of aromatic amines is 1. The minimum atomic E-state index is -4.06. The van der Waals surface area contributed by atoms with Gasteiger partial charge in [0.15, 0.2) is 18.7 Å². The number of nitrogens with zero attached hydrogens (tertiary/aromatic N) is 7. The molecule has 0 aliphatic carbocycles. The Bertz CT molecular complexity index is 4230. The molecule has 2 amide bonds. The van der Waals surface area contributed by atoms with Crippen LogP contribution in [0.3, 0.4) is 0 Å². The number of rotatable bonds is 40. The van der Waals surface area contributed by atoms with E-state index in [1.807, 2.05) is 26.0 Å². The molecule has 3 fully saturated rings. The van der Waals surface area contributed by atoms with E-state index in [1.165, 1.54) is 148 Å². The lowest BCUT2D eigenvalue weighted by Gasteiger charge is -2.42. The van der Waals surface area contributed by atoms with Crippen LogP contribution in [0.1, 0.15) is 184 Å². The zero-order valence-electron chi connectivity index (χ0n) is 61.7. The second kappa shape index (κ2) is 40.8. The van der Waals surface area contributed by atoms with Gasteiger partial charge in [0.2, 0.25) is 0 Å². The molecule has 8 atom stereocenters. The average Bonchev–Trinajstić information content (AvgIpc) is 0.796. The number of hydrogen-bond acceptors (Lipinski definition) is 21. The van der Waals surface area contributed by atoms with Crippen LogP contribution >= 0.6 is 15.0 Å². The molecule has 0 bridgehead atoms. The fourth-order valence-electron chi connectivity index (χ4n) is 12.7. The van der Waals surface area contributed by atoms with Gasteiger partial charge in [0.25, 0.3) is 32.4 Å². The first-order valence-corrected chi connectivity index (χ1v) is 41.0. The van der Waals surface area contributed by atoms with Crippen LogP contribution in [0, 0.1) is 20.8 Å².